The van der Waals surface area contributed by atoms with Crippen molar-refractivity contribution in [2.24, 2.45) is 16.1 Å². The standard InChI is InChI=1S/C26H33FN4O3/c1-3-30(4-2)25(33)18-8-7-13-31(16-18)26(34)21-14-17(11-12-22(21)27)15-23-19-9-5-6-10-20(19)24(32)29-28-23/h11-12,14,18,23H,3-10,13,15-16H2,1-2H3. The number of carbonyl (C=O) groups is 3. The Labute approximate surface area is 200 Å². The highest BCUT2D eigenvalue weighted by Gasteiger charge is 2.32. The number of likely N-dealkylation sites (tertiary alicyclic amines) is 1. The van der Waals surface area contributed by atoms with E-state index in [2.05, 4.69) is 10.2 Å². The fourth-order valence-corrected chi connectivity index (χ4v) is 5.37. The molecule has 1 fully saturated rings. The summed E-state index contributed by atoms with van der Waals surface area (Å²) < 4.78 is 14.7. The first-order chi connectivity index (χ1) is 16.4. The van der Waals surface area contributed by atoms with Crippen molar-refractivity contribution in [1.29, 1.82) is 0 Å². The first kappa shape index (κ1) is 24.2. The van der Waals surface area contributed by atoms with Crippen LogP contribution in [0.2, 0.25) is 0 Å². The number of azo groups is 1. The molecule has 182 valence electrons. The number of rotatable bonds is 6. The van der Waals surface area contributed by atoms with E-state index in [0.29, 0.717) is 32.6 Å². The lowest BCUT2D eigenvalue weighted by atomic mass is 9.84. The molecule has 4 rings (SSSR count). The lowest BCUT2D eigenvalue weighted by Gasteiger charge is -2.34. The van der Waals surface area contributed by atoms with Crippen LogP contribution in [0.5, 0.6) is 0 Å². The average molecular weight is 469 g/mol. The zero-order valence-corrected chi connectivity index (χ0v) is 20.1. The van der Waals surface area contributed by atoms with E-state index < -0.39 is 5.82 Å². The van der Waals surface area contributed by atoms with Crippen LogP contribution in [0.4, 0.5) is 4.39 Å². The Morgan fingerprint density at radius 2 is 1.91 bits per heavy atom. The molecule has 0 saturated carbocycles. The molecule has 1 aromatic rings. The minimum Gasteiger partial charge on any atom is -0.343 e. The van der Waals surface area contributed by atoms with Crippen molar-refractivity contribution in [1.82, 2.24) is 9.80 Å². The summed E-state index contributed by atoms with van der Waals surface area (Å²) in [7, 11) is 0. The van der Waals surface area contributed by atoms with Crippen molar-refractivity contribution < 1.29 is 18.8 Å². The van der Waals surface area contributed by atoms with Gasteiger partial charge in [-0.05, 0) is 75.6 Å². The van der Waals surface area contributed by atoms with Crippen LogP contribution >= 0.6 is 0 Å². The molecule has 34 heavy (non-hydrogen) atoms. The van der Waals surface area contributed by atoms with Gasteiger partial charge in [-0.25, -0.2) is 4.39 Å². The van der Waals surface area contributed by atoms with Crippen LogP contribution in [0.1, 0.15) is 68.3 Å². The first-order valence-corrected chi connectivity index (χ1v) is 12.5. The molecule has 2 unspecified atom stereocenters. The van der Waals surface area contributed by atoms with E-state index in [1.54, 1.807) is 21.9 Å². The molecule has 0 radical (unpaired) electrons. The van der Waals surface area contributed by atoms with E-state index in [0.717, 1.165) is 55.2 Å². The molecular formula is C26H33FN4O3. The maximum absolute atomic E-state index is 14.7. The molecule has 1 aliphatic carbocycles. The van der Waals surface area contributed by atoms with E-state index in [-0.39, 0.29) is 35.2 Å². The SMILES string of the molecule is CCN(CC)C(=O)C1CCCN(C(=O)c2cc(CC3N=NC(=O)C4=C3CCCC4)ccc2F)C1. The Balaban J connectivity index is 1.50. The molecule has 0 aromatic heterocycles. The van der Waals surface area contributed by atoms with E-state index >= 15 is 0 Å². The maximum atomic E-state index is 14.7. The predicted octanol–water partition coefficient (Wildman–Crippen LogP) is 4.32. The van der Waals surface area contributed by atoms with Crippen LogP contribution in [0.25, 0.3) is 0 Å². The highest BCUT2D eigenvalue weighted by molar-refractivity contribution is 5.96. The smallest absolute Gasteiger partial charge is 0.291 e. The monoisotopic (exact) mass is 468 g/mol. The lowest BCUT2D eigenvalue weighted by Crippen LogP contribution is -2.46. The molecule has 1 aromatic carbocycles. The van der Waals surface area contributed by atoms with Crippen LogP contribution in [0, 0.1) is 11.7 Å². The minimum absolute atomic E-state index is 0.0232. The molecule has 0 spiro atoms. The number of nitrogens with zero attached hydrogens (tertiary/aromatic N) is 4. The van der Waals surface area contributed by atoms with Gasteiger partial charge in [-0.3, -0.25) is 14.4 Å². The Kier molecular flexibility index (Phi) is 7.54. The van der Waals surface area contributed by atoms with E-state index in [1.165, 1.54) is 6.07 Å². The van der Waals surface area contributed by atoms with E-state index in [1.807, 2.05) is 13.8 Å². The number of hydrogen-bond donors (Lipinski definition) is 0. The van der Waals surface area contributed by atoms with Gasteiger partial charge in [0.15, 0.2) is 0 Å². The summed E-state index contributed by atoms with van der Waals surface area (Å²) >= 11 is 0. The zero-order valence-electron chi connectivity index (χ0n) is 20.1. The van der Waals surface area contributed by atoms with Gasteiger partial charge in [0.25, 0.3) is 11.8 Å². The molecule has 0 N–H and O–H groups in total. The number of hydrogen-bond acceptors (Lipinski definition) is 4. The van der Waals surface area contributed by atoms with Gasteiger partial charge in [-0.2, -0.15) is 5.11 Å². The second kappa shape index (κ2) is 10.6. The van der Waals surface area contributed by atoms with Crippen molar-refractivity contribution in [3.05, 3.63) is 46.3 Å². The number of amides is 3. The van der Waals surface area contributed by atoms with E-state index in [9.17, 15) is 18.8 Å². The van der Waals surface area contributed by atoms with Crippen molar-refractivity contribution in [2.75, 3.05) is 26.2 Å². The van der Waals surface area contributed by atoms with Crippen molar-refractivity contribution in [3.8, 4) is 0 Å². The summed E-state index contributed by atoms with van der Waals surface area (Å²) in [6.07, 6.45) is 5.50. The molecule has 2 aliphatic heterocycles. The third-order valence-corrected chi connectivity index (χ3v) is 7.28. The molecule has 7 nitrogen and oxygen atoms in total. The molecule has 3 aliphatic rings. The van der Waals surface area contributed by atoms with Gasteiger partial charge in [0, 0.05) is 38.2 Å². The number of piperidine rings is 1. The van der Waals surface area contributed by atoms with Gasteiger partial charge >= 0.3 is 0 Å². The highest BCUT2D eigenvalue weighted by Crippen LogP contribution is 2.34. The van der Waals surface area contributed by atoms with Gasteiger partial charge < -0.3 is 9.80 Å². The fraction of sp³-hybridized carbons (Fsp3) is 0.577. The Morgan fingerprint density at radius 1 is 1.15 bits per heavy atom. The lowest BCUT2D eigenvalue weighted by molar-refractivity contribution is -0.136. The summed E-state index contributed by atoms with van der Waals surface area (Å²) in [6, 6.07) is 4.35. The number of carbonyl (C=O) groups excluding carboxylic acids is 3. The highest BCUT2D eigenvalue weighted by atomic mass is 19.1. The minimum atomic E-state index is -0.566. The third kappa shape index (κ3) is 4.95. The van der Waals surface area contributed by atoms with Gasteiger partial charge in [-0.15, -0.1) is 5.11 Å². The number of halogens is 1. The Bertz CT molecular complexity index is 1030. The van der Waals surface area contributed by atoms with Crippen molar-refractivity contribution in [2.45, 2.75) is 64.8 Å². The van der Waals surface area contributed by atoms with Crippen LogP contribution in [-0.4, -0.2) is 59.7 Å². The molecule has 1 saturated heterocycles. The van der Waals surface area contributed by atoms with Crippen molar-refractivity contribution >= 4 is 17.7 Å². The van der Waals surface area contributed by atoms with Crippen LogP contribution < -0.4 is 0 Å². The Morgan fingerprint density at radius 3 is 2.68 bits per heavy atom. The molecule has 8 heteroatoms. The second-order valence-electron chi connectivity index (χ2n) is 9.37. The molecule has 2 atom stereocenters. The summed E-state index contributed by atoms with van der Waals surface area (Å²) in [4.78, 5) is 41.6. The van der Waals surface area contributed by atoms with Gasteiger partial charge in [0.2, 0.25) is 5.91 Å². The summed E-state index contributed by atoms with van der Waals surface area (Å²) in [6.45, 7) is 5.99. The van der Waals surface area contributed by atoms with Gasteiger partial charge in [0.05, 0.1) is 17.5 Å². The normalized spacial score (nSPS) is 22.6. The summed E-state index contributed by atoms with van der Waals surface area (Å²) in [5.41, 5.74) is 2.63. The van der Waals surface area contributed by atoms with Gasteiger partial charge in [-0.1, -0.05) is 6.07 Å². The average Bonchev–Trinajstić information content (AvgIpc) is 2.87. The van der Waals surface area contributed by atoms with Crippen LogP contribution in [0.15, 0.2) is 39.6 Å². The molecule has 3 amide bonds. The van der Waals surface area contributed by atoms with Crippen LogP contribution in [0.3, 0.4) is 0 Å². The van der Waals surface area contributed by atoms with Crippen LogP contribution in [-0.2, 0) is 16.0 Å². The molecular weight excluding hydrogens is 435 g/mol. The molecule has 2 heterocycles. The quantitative estimate of drug-likeness (QED) is 0.623. The fourth-order valence-electron chi connectivity index (χ4n) is 5.37. The third-order valence-electron chi connectivity index (χ3n) is 7.28. The molecule has 0 bridgehead atoms. The zero-order chi connectivity index (χ0) is 24.2. The predicted molar refractivity (Wildman–Crippen MR) is 126 cm³/mol. The Hall–Kier alpha value is -2.90. The summed E-state index contributed by atoms with van der Waals surface area (Å²) in [5, 5.41) is 8.06. The largest absolute Gasteiger partial charge is 0.343 e. The first-order valence-electron chi connectivity index (χ1n) is 12.5. The van der Waals surface area contributed by atoms with Crippen molar-refractivity contribution in [3.63, 3.8) is 0 Å². The number of benzene rings is 1. The van der Waals surface area contributed by atoms with E-state index in [4.69, 9.17) is 0 Å². The summed E-state index contributed by atoms with van der Waals surface area (Å²) in [5.74, 6) is -1.37. The maximum Gasteiger partial charge on any atom is 0.291 e. The topological polar surface area (TPSA) is 82.4 Å². The second-order valence-corrected chi connectivity index (χ2v) is 9.37. The van der Waals surface area contributed by atoms with Gasteiger partial charge in [0.1, 0.15) is 5.82 Å².